The maximum Gasteiger partial charge on any atom is 0.255 e. The molecule has 1 fully saturated rings. The molecular weight excluding hydrogens is 438 g/mol. The van der Waals surface area contributed by atoms with Gasteiger partial charge in [0.25, 0.3) is 11.8 Å². The van der Waals surface area contributed by atoms with E-state index in [1.165, 1.54) is 4.31 Å². The van der Waals surface area contributed by atoms with Crippen molar-refractivity contribution in [2.45, 2.75) is 19.4 Å². The summed E-state index contributed by atoms with van der Waals surface area (Å²) < 4.78 is 25.8. The summed E-state index contributed by atoms with van der Waals surface area (Å²) in [5.41, 5.74) is 2.46. The SMILES string of the molecule is C[C@H](NC(=O)c1ccccc1NC(=O)c1cccc(N2CCCS2(=O)=O)c1)c1ccccc1. The van der Waals surface area contributed by atoms with Crippen molar-refractivity contribution in [3.8, 4) is 0 Å². The number of rotatable bonds is 6. The maximum absolute atomic E-state index is 13.0. The van der Waals surface area contributed by atoms with Crippen molar-refractivity contribution in [1.82, 2.24) is 5.32 Å². The molecule has 0 bridgehead atoms. The zero-order chi connectivity index (χ0) is 23.4. The number of benzene rings is 3. The summed E-state index contributed by atoms with van der Waals surface area (Å²) in [5, 5.41) is 5.75. The lowest BCUT2D eigenvalue weighted by atomic mass is 10.1. The molecule has 170 valence electrons. The molecule has 0 aromatic heterocycles. The lowest BCUT2D eigenvalue weighted by molar-refractivity contribution is 0.0940. The van der Waals surface area contributed by atoms with Crippen LogP contribution >= 0.6 is 0 Å². The zero-order valence-corrected chi connectivity index (χ0v) is 19.0. The predicted molar refractivity (Wildman–Crippen MR) is 129 cm³/mol. The van der Waals surface area contributed by atoms with Crippen LogP contribution in [-0.4, -0.2) is 32.5 Å². The Balaban J connectivity index is 1.52. The van der Waals surface area contributed by atoms with Gasteiger partial charge in [0.2, 0.25) is 10.0 Å². The van der Waals surface area contributed by atoms with Gasteiger partial charge in [0.1, 0.15) is 0 Å². The standard InChI is InChI=1S/C25H25N3O4S/c1-18(19-9-3-2-4-10-19)26-25(30)22-13-5-6-14-23(22)27-24(29)20-11-7-12-21(17-20)28-15-8-16-33(28,31)32/h2-7,9-14,17-18H,8,15-16H2,1H3,(H,26,30)(H,27,29)/t18-/m0/s1. The average Bonchev–Trinajstić information content (AvgIpc) is 3.18. The second-order valence-corrected chi connectivity index (χ2v) is 9.91. The maximum atomic E-state index is 13.0. The summed E-state index contributed by atoms with van der Waals surface area (Å²) >= 11 is 0. The topological polar surface area (TPSA) is 95.6 Å². The van der Waals surface area contributed by atoms with E-state index in [1.807, 2.05) is 37.3 Å². The molecule has 0 spiro atoms. The van der Waals surface area contributed by atoms with Crippen molar-refractivity contribution in [2.75, 3.05) is 21.9 Å². The number of amides is 2. The molecule has 3 aromatic carbocycles. The van der Waals surface area contributed by atoms with Crippen LogP contribution in [0.3, 0.4) is 0 Å². The zero-order valence-electron chi connectivity index (χ0n) is 18.2. The third kappa shape index (κ3) is 5.06. The molecule has 7 nitrogen and oxygen atoms in total. The van der Waals surface area contributed by atoms with E-state index in [4.69, 9.17) is 0 Å². The first-order valence-electron chi connectivity index (χ1n) is 10.7. The highest BCUT2D eigenvalue weighted by Gasteiger charge is 2.28. The first kappa shape index (κ1) is 22.5. The minimum Gasteiger partial charge on any atom is -0.345 e. The number of nitrogens with one attached hydrogen (secondary N) is 2. The highest BCUT2D eigenvalue weighted by Crippen LogP contribution is 2.25. The molecule has 3 aromatic rings. The quantitative estimate of drug-likeness (QED) is 0.578. The van der Waals surface area contributed by atoms with E-state index < -0.39 is 15.9 Å². The van der Waals surface area contributed by atoms with Gasteiger partial charge in [-0.25, -0.2) is 8.42 Å². The number of nitrogens with zero attached hydrogens (tertiary/aromatic N) is 1. The fourth-order valence-corrected chi connectivity index (χ4v) is 5.37. The number of hydrogen-bond acceptors (Lipinski definition) is 4. The minimum absolute atomic E-state index is 0.104. The first-order chi connectivity index (χ1) is 15.8. The second kappa shape index (κ2) is 9.46. The van der Waals surface area contributed by atoms with Gasteiger partial charge in [-0.15, -0.1) is 0 Å². The van der Waals surface area contributed by atoms with Crippen LogP contribution < -0.4 is 14.9 Å². The van der Waals surface area contributed by atoms with Crippen molar-refractivity contribution < 1.29 is 18.0 Å². The van der Waals surface area contributed by atoms with Crippen LogP contribution in [0.25, 0.3) is 0 Å². The fourth-order valence-electron chi connectivity index (χ4n) is 3.82. The predicted octanol–water partition coefficient (Wildman–Crippen LogP) is 3.97. The van der Waals surface area contributed by atoms with Crippen LogP contribution in [0.1, 0.15) is 45.7 Å². The molecule has 0 saturated carbocycles. The number of anilines is 2. The van der Waals surface area contributed by atoms with Gasteiger partial charge >= 0.3 is 0 Å². The van der Waals surface area contributed by atoms with Gasteiger partial charge in [-0.3, -0.25) is 13.9 Å². The molecule has 2 N–H and O–H groups in total. The summed E-state index contributed by atoms with van der Waals surface area (Å²) in [6.07, 6.45) is 0.558. The Bertz CT molecular complexity index is 1280. The van der Waals surface area contributed by atoms with E-state index in [2.05, 4.69) is 10.6 Å². The van der Waals surface area contributed by atoms with Crippen molar-refractivity contribution in [3.63, 3.8) is 0 Å². The van der Waals surface area contributed by atoms with Crippen molar-refractivity contribution in [3.05, 3.63) is 95.6 Å². The Morgan fingerprint density at radius 1 is 0.909 bits per heavy atom. The summed E-state index contributed by atoms with van der Waals surface area (Å²) in [5.74, 6) is -0.628. The molecule has 1 aliphatic rings. The minimum atomic E-state index is -3.35. The second-order valence-electron chi connectivity index (χ2n) is 7.90. The number of carbonyl (C=O) groups excluding carboxylic acids is 2. The van der Waals surface area contributed by atoms with E-state index in [-0.39, 0.29) is 17.7 Å². The lowest BCUT2D eigenvalue weighted by Crippen LogP contribution is -2.28. The summed E-state index contributed by atoms with van der Waals surface area (Å²) in [7, 11) is -3.35. The highest BCUT2D eigenvalue weighted by molar-refractivity contribution is 7.93. The molecule has 0 unspecified atom stereocenters. The molecule has 1 atom stereocenters. The van der Waals surface area contributed by atoms with E-state index in [9.17, 15) is 18.0 Å². The van der Waals surface area contributed by atoms with Crippen LogP contribution in [0.4, 0.5) is 11.4 Å². The van der Waals surface area contributed by atoms with Gasteiger partial charge in [-0.2, -0.15) is 0 Å². The third-order valence-electron chi connectivity index (χ3n) is 5.56. The van der Waals surface area contributed by atoms with E-state index in [0.717, 1.165) is 5.56 Å². The monoisotopic (exact) mass is 463 g/mol. The number of sulfonamides is 1. The van der Waals surface area contributed by atoms with Crippen molar-refractivity contribution in [2.24, 2.45) is 0 Å². The van der Waals surface area contributed by atoms with Crippen LogP contribution in [0, 0.1) is 0 Å². The first-order valence-corrected chi connectivity index (χ1v) is 12.3. The molecule has 4 rings (SSSR count). The van der Waals surface area contributed by atoms with Gasteiger partial charge in [0.05, 0.1) is 28.7 Å². The molecule has 8 heteroatoms. The molecule has 0 radical (unpaired) electrons. The molecule has 33 heavy (non-hydrogen) atoms. The van der Waals surface area contributed by atoms with E-state index >= 15 is 0 Å². The van der Waals surface area contributed by atoms with E-state index in [1.54, 1.807) is 48.5 Å². The van der Waals surface area contributed by atoms with Crippen molar-refractivity contribution >= 4 is 33.2 Å². The Hall–Kier alpha value is -3.65. The molecule has 2 amide bonds. The van der Waals surface area contributed by atoms with Gasteiger partial charge in [-0.05, 0) is 49.2 Å². The molecular formula is C25H25N3O4S. The Kier molecular flexibility index (Phi) is 6.46. The largest absolute Gasteiger partial charge is 0.345 e. The average molecular weight is 464 g/mol. The fraction of sp³-hybridized carbons (Fsp3) is 0.200. The smallest absolute Gasteiger partial charge is 0.255 e. The Morgan fingerprint density at radius 2 is 1.64 bits per heavy atom. The summed E-state index contributed by atoms with van der Waals surface area (Å²) in [4.78, 5) is 25.9. The van der Waals surface area contributed by atoms with Crippen LogP contribution in [0.15, 0.2) is 78.9 Å². The highest BCUT2D eigenvalue weighted by atomic mass is 32.2. The van der Waals surface area contributed by atoms with Gasteiger partial charge in [0.15, 0.2) is 0 Å². The normalized spacial score (nSPS) is 15.6. The Labute approximate surface area is 193 Å². The third-order valence-corrected chi connectivity index (χ3v) is 7.43. The van der Waals surface area contributed by atoms with Crippen molar-refractivity contribution in [1.29, 1.82) is 0 Å². The van der Waals surface area contributed by atoms with Gasteiger partial charge < -0.3 is 10.6 Å². The summed E-state index contributed by atoms with van der Waals surface area (Å²) in [6.45, 7) is 2.29. The molecule has 1 saturated heterocycles. The number of hydrogen-bond donors (Lipinski definition) is 2. The molecule has 1 aliphatic heterocycles. The van der Waals surface area contributed by atoms with Gasteiger partial charge in [0, 0.05) is 12.1 Å². The molecule has 1 heterocycles. The van der Waals surface area contributed by atoms with Crippen LogP contribution in [0.5, 0.6) is 0 Å². The number of carbonyl (C=O) groups is 2. The lowest BCUT2D eigenvalue weighted by Gasteiger charge is -2.18. The van der Waals surface area contributed by atoms with E-state index in [0.29, 0.717) is 35.5 Å². The Morgan fingerprint density at radius 3 is 2.36 bits per heavy atom. The molecule has 0 aliphatic carbocycles. The number of para-hydroxylation sites is 1. The van der Waals surface area contributed by atoms with Crippen LogP contribution in [-0.2, 0) is 10.0 Å². The summed E-state index contributed by atoms with van der Waals surface area (Å²) in [6, 6.07) is 22.7. The van der Waals surface area contributed by atoms with Crippen LogP contribution in [0.2, 0.25) is 0 Å². The van der Waals surface area contributed by atoms with Gasteiger partial charge in [-0.1, -0.05) is 48.5 Å².